The van der Waals surface area contributed by atoms with E-state index in [9.17, 15) is 9.59 Å². The molecule has 1 atom stereocenters. The zero-order chi connectivity index (χ0) is 24.5. The van der Waals surface area contributed by atoms with Gasteiger partial charge in [0.2, 0.25) is 5.91 Å². The second kappa shape index (κ2) is 9.55. The van der Waals surface area contributed by atoms with Gasteiger partial charge in [-0.3, -0.25) is 14.5 Å². The second-order valence-electron chi connectivity index (χ2n) is 9.74. The molecule has 176 valence electrons. The Morgan fingerprint density at radius 2 is 1.56 bits per heavy atom. The number of nitrogens with zero attached hydrogens (tertiary/aromatic N) is 2. The molecular formula is C28H31N3O2S. The summed E-state index contributed by atoms with van der Waals surface area (Å²) in [6.07, 6.45) is 0. The van der Waals surface area contributed by atoms with E-state index in [1.54, 1.807) is 11.8 Å². The van der Waals surface area contributed by atoms with E-state index in [0.717, 1.165) is 22.6 Å². The fourth-order valence-corrected chi connectivity index (χ4v) is 5.09. The van der Waals surface area contributed by atoms with Gasteiger partial charge in [-0.15, -0.1) is 11.8 Å². The molecular weight excluding hydrogens is 442 g/mol. The van der Waals surface area contributed by atoms with Crippen molar-refractivity contribution in [1.29, 1.82) is 0 Å². The lowest BCUT2D eigenvalue weighted by Crippen LogP contribution is -2.27. The summed E-state index contributed by atoms with van der Waals surface area (Å²) in [6.45, 7) is 6.46. The quantitative estimate of drug-likeness (QED) is 0.488. The average Bonchev–Trinajstić information content (AvgIpc) is 3.20. The van der Waals surface area contributed by atoms with Gasteiger partial charge in [0.1, 0.15) is 5.37 Å². The number of thioether (sulfide) groups is 1. The van der Waals surface area contributed by atoms with Crippen molar-refractivity contribution in [3.8, 4) is 0 Å². The molecule has 0 bridgehead atoms. The van der Waals surface area contributed by atoms with Crippen LogP contribution in [0.15, 0.2) is 72.8 Å². The highest BCUT2D eigenvalue weighted by atomic mass is 32.2. The van der Waals surface area contributed by atoms with Crippen LogP contribution >= 0.6 is 11.8 Å². The minimum absolute atomic E-state index is 0.0484. The lowest BCUT2D eigenvalue weighted by molar-refractivity contribution is -0.115. The largest absolute Gasteiger partial charge is 0.378 e. The summed E-state index contributed by atoms with van der Waals surface area (Å²) in [7, 11) is 3.99. The van der Waals surface area contributed by atoms with E-state index in [1.807, 2.05) is 96.7 Å². The van der Waals surface area contributed by atoms with Crippen LogP contribution < -0.4 is 15.1 Å². The minimum Gasteiger partial charge on any atom is -0.378 e. The summed E-state index contributed by atoms with van der Waals surface area (Å²) in [5.41, 5.74) is 5.60. The van der Waals surface area contributed by atoms with E-state index >= 15 is 0 Å². The third-order valence-electron chi connectivity index (χ3n) is 5.98. The van der Waals surface area contributed by atoms with Gasteiger partial charge in [-0.25, -0.2) is 0 Å². The third kappa shape index (κ3) is 5.12. The van der Waals surface area contributed by atoms with E-state index in [-0.39, 0.29) is 22.6 Å². The van der Waals surface area contributed by atoms with Crippen molar-refractivity contribution < 1.29 is 9.59 Å². The van der Waals surface area contributed by atoms with Crippen LogP contribution in [0.4, 0.5) is 17.1 Å². The maximum atomic E-state index is 12.7. The molecule has 0 spiro atoms. The molecule has 0 aromatic heterocycles. The second-order valence-corrected chi connectivity index (χ2v) is 10.8. The van der Waals surface area contributed by atoms with Crippen molar-refractivity contribution in [3.63, 3.8) is 0 Å². The number of nitrogens with one attached hydrogen (secondary N) is 1. The van der Waals surface area contributed by atoms with Gasteiger partial charge in [0.25, 0.3) is 5.91 Å². The molecule has 1 heterocycles. The molecule has 0 saturated carbocycles. The summed E-state index contributed by atoms with van der Waals surface area (Å²) in [5.74, 6) is 0.410. The van der Waals surface area contributed by atoms with Crippen molar-refractivity contribution in [2.75, 3.05) is 35.0 Å². The zero-order valence-corrected chi connectivity index (χ0v) is 21.1. The molecule has 2 amide bonds. The topological polar surface area (TPSA) is 52.6 Å². The van der Waals surface area contributed by atoms with Crippen molar-refractivity contribution in [1.82, 2.24) is 0 Å². The highest BCUT2D eigenvalue weighted by Crippen LogP contribution is 2.42. The first kappa shape index (κ1) is 23.9. The first-order valence-corrected chi connectivity index (χ1v) is 12.4. The number of rotatable bonds is 5. The van der Waals surface area contributed by atoms with Crippen molar-refractivity contribution in [2.24, 2.45) is 0 Å². The van der Waals surface area contributed by atoms with Crippen LogP contribution in [0.1, 0.15) is 47.6 Å². The van der Waals surface area contributed by atoms with Crippen LogP contribution in [0.25, 0.3) is 0 Å². The van der Waals surface area contributed by atoms with Crippen LogP contribution in [-0.4, -0.2) is 31.7 Å². The number of hydrogen-bond acceptors (Lipinski definition) is 4. The van der Waals surface area contributed by atoms with Crippen LogP contribution in [0.2, 0.25) is 0 Å². The predicted octanol–water partition coefficient (Wildman–Crippen LogP) is 6.08. The van der Waals surface area contributed by atoms with Crippen LogP contribution in [0.5, 0.6) is 0 Å². The maximum Gasteiger partial charge on any atom is 0.255 e. The molecule has 1 aliphatic heterocycles. The molecule has 1 saturated heterocycles. The van der Waals surface area contributed by atoms with Crippen molar-refractivity contribution in [3.05, 3.63) is 89.5 Å². The molecule has 6 heteroatoms. The number of amides is 2. The lowest BCUT2D eigenvalue weighted by atomic mass is 9.87. The van der Waals surface area contributed by atoms with Crippen LogP contribution in [0.3, 0.4) is 0 Å². The minimum atomic E-state index is -0.138. The number of hydrogen-bond donors (Lipinski definition) is 1. The monoisotopic (exact) mass is 473 g/mol. The Hall–Kier alpha value is -3.25. The molecule has 1 N–H and O–H groups in total. The third-order valence-corrected chi connectivity index (χ3v) is 7.19. The van der Waals surface area contributed by atoms with Crippen LogP contribution in [-0.2, 0) is 10.2 Å². The molecule has 4 rings (SSSR count). The average molecular weight is 474 g/mol. The predicted molar refractivity (Wildman–Crippen MR) is 143 cm³/mol. The maximum absolute atomic E-state index is 12.7. The Morgan fingerprint density at radius 1 is 0.941 bits per heavy atom. The fourth-order valence-electron chi connectivity index (χ4n) is 3.92. The molecule has 1 aliphatic rings. The van der Waals surface area contributed by atoms with E-state index in [2.05, 4.69) is 26.1 Å². The van der Waals surface area contributed by atoms with E-state index < -0.39 is 0 Å². The first-order valence-electron chi connectivity index (χ1n) is 11.4. The SMILES string of the molecule is CN(C)c1ccc(N2C(=O)CSC2c2ccc(NC(=O)c3ccc(C(C)(C)C)cc3)cc2)cc1. The fraction of sp³-hybridized carbons (Fsp3) is 0.286. The summed E-state index contributed by atoms with van der Waals surface area (Å²) in [5, 5.41) is 2.88. The Balaban J connectivity index is 1.47. The Kier molecular flexibility index (Phi) is 6.71. The smallest absolute Gasteiger partial charge is 0.255 e. The van der Waals surface area contributed by atoms with Gasteiger partial charge in [0, 0.05) is 36.7 Å². The van der Waals surface area contributed by atoms with Gasteiger partial charge in [-0.1, -0.05) is 45.0 Å². The highest BCUT2D eigenvalue weighted by molar-refractivity contribution is 8.00. The van der Waals surface area contributed by atoms with Crippen molar-refractivity contribution in [2.45, 2.75) is 31.6 Å². The number of benzene rings is 3. The molecule has 3 aromatic rings. The standard InChI is InChI=1S/C28H31N3O2S/c1-28(2,3)21-10-6-19(7-11-21)26(33)29-22-12-8-20(9-13-22)27-31(25(32)18-34-27)24-16-14-23(15-17-24)30(4)5/h6-17,27H,18H2,1-5H3,(H,29,33). The normalized spacial score (nSPS) is 16.0. The van der Waals surface area contributed by atoms with Gasteiger partial charge < -0.3 is 10.2 Å². The Morgan fingerprint density at radius 3 is 2.12 bits per heavy atom. The molecule has 5 nitrogen and oxygen atoms in total. The number of carbonyl (C=O) groups is 2. The van der Waals surface area contributed by atoms with E-state index in [1.165, 1.54) is 5.56 Å². The summed E-state index contributed by atoms with van der Waals surface area (Å²) in [6, 6.07) is 23.5. The summed E-state index contributed by atoms with van der Waals surface area (Å²) in [4.78, 5) is 29.3. The summed E-state index contributed by atoms with van der Waals surface area (Å²) >= 11 is 1.62. The molecule has 1 unspecified atom stereocenters. The lowest BCUT2D eigenvalue weighted by Gasteiger charge is -2.25. The van der Waals surface area contributed by atoms with E-state index in [0.29, 0.717) is 11.3 Å². The molecule has 1 fully saturated rings. The Bertz CT molecular complexity index is 1160. The van der Waals surface area contributed by atoms with Gasteiger partial charge in [-0.05, 0) is 65.1 Å². The van der Waals surface area contributed by atoms with Gasteiger partial charge in [0.15, 0.2) is 0 Å². The zero-order valence-electron chi connectivity index (χ0n) is 20.3. The van der Waals surface area contributed by atoms with Gasteiger partial charge in [-0.2, -0.15) is 0 Å². The molecule has 3 aromatic carbocycles. The summed E-state index contributed by atoms with van der Waals surface area (Å²) < 4.78 is 0. The van der Waals surface area contributed by atoms with Gasteiger partial charge >= 0.3 is 0 Å². The molecule has 0 aliphatic carbocycles. The molecule has 0 radical (unpaired) electrons. The number of anilines is 3. The van der Waals surface area contributed by atoms with Gasteiger partial charge in [0.05, 0.1) is 5.75 Å². The number of carbonyl (C=O) groups excluding carboxylic acids is 2. The van der Waals surface area contributed by atoms with E-state index in [4.69, 9.17) is 0 Å². The highest BCUT2D eigenvalue weighted by Gasteiger charge is 2.34. The molecule has 34 heavy (non-hydrogen) atoms. The van der Waals surface area contributed by atoms with Crippen molar-refractivity contribution >= 4 is 40.6 Å². The Labute approximate surface area is 206 Å². The van der Waals surface area contributed by atoms with Crippen LogP contribution in [0, 0.1) is 0 Å². The first-order chi connectivity index (χ1) is 16.1.